The third kappa shape index (κ3) is 5.17. The first-order valence-corrected chi connectivity index (χ1v) is 7.89. The van der Waals surface area contributed by atoms with E-state index in [0.29, 0.717) is 5.56 Å². The lowest BCUT2D eigenvalue weighted by molar-refractivity contribution is -0.147. The second-order valence-electron chi connectivity index (χ2n) is 5.19. The van der Waals surface area contributed by atoms with Gasteiger partial charge in [-0.1, -0.05) is 17.3 Å². The van der Waals surface area contributed by atoms with Gasteiger partial charge in [-0.25, -0.2) is 4.39 Å². The summed E-state index contributed by atoms with van der Waals surface area (Å²) in [6.07, 6.45) is 1.39. The quantitative estimate of drug-likeness (QED) is 0.409. The molecule has 8 heteroatoms. The Bertz CT molecular complexity index is 756. The van der Waals surface area contributed by atoms with Crippen LogP contribution in [0.1, 0.15) is 18.2 Å². The van der Waals surface area contributed by atoms with E-state index in [-0.39, 0.29) is 31.2 Å². The number of furan rings is 1. The smallest absolute Gasteiger partial charge is 0.325 e. The van der Waals surface area contributed by atoms with Crippen LogP contribution in [-0.2, 0) is 25.7 Å². The van der Waals surface area contributed by atoms with Gasteiger partial charge in [-0.2, -0.15) is 0 Å². The largest absolute Gasteiger partial charge is 0.465 e. The molecular formula is C18H19FN2O5. The van der Waals surface area contributed by atoms with E-state index in [9.17, 15) is 14.0 Å². The van der Waals surface area contributed by atoms with E-state index in [1.54, 1.807) is 19.1 Å². The van der Waals surface area contributed by atoms with Gasteiger partial charge in [-0.15, -0.1) is 0 Å². The summed E-state index contributed by atoms with van der Waals surface area (Å²) in [5, 5.41) is 3.72. The molecule has 0 saturated carbocycles. The number of ether oxygens (including phenoxy) is 1. The summed E-state index contributed by atoms with van der Waals surface area (Å²) in [6, 6.07) is 8.76. The fourth-order valence-corrected chi connectivity index (χ4v) is 2.22. The van der Waals surface area contributed by atoms with E-state index >= 15 is 0 Å². The molecule has 0 fully saturated rings. The maximum atomic E-state index is 13.1. The van der Waals surface area contributed by atoms with Crippen molar-refractivity contribution in [3.8, 4) is 0 Å². The second-order valence-corrected chi connectivity index (χ2v) is 5.19. The SMILES string of the molecule is CCOC(=O)CN(Cc1ccc(F)cc1)C(=O)C(=NOC)c1ccco1. The minimum atomic E-state index is -0.584. The molecule has 0 saturated heterocycles. The van der Waals surface area contributed by atoms with Gasteiger partial charge in [0.15, 0.2) is 5.76 Å². The van der Waals surface area contributed by atoms with Crippen LogP contribution in [0.2, 0.25) is 0 Å². The predicted octanol–water partition coefficient (Wildman–Crippen LogP) is 2.36. The maximum Gasteiger partial charge on any atom is 0.325 e. The Labute approximate surface area is 150 Å². The summed E-state index contributed by atoms with van der Waals surface area (Å²) in [5.41, 5.74) is 0.546. The van der Waals surface area contributed by atoms with Crippen molar-refractivity contribution in [3.05, 3.63) is 59.8 Å². The zero-order valence-corrected chi connectivity index (χ0v) is 14.5. The lowest BCUT2D eigenvalue weighted by Crippen LogP contribution is -2.40. The van der Waals surface area contributed by atoms with Crippen LogP contribution >= 0.6 is 0 Å². The Morgan fingerprint density at radius 1 is 1.23 bits per heavy atom. The van der Waals surface area contributed by atoms with E-state index in [1.807, 2.05) is 0 Å². The van der Waals surface area contributed by atoms with Crippen LogP contribution in [0.4, 0.5) is 4.39 Å². The Morgan fingerprint density at radius 3 is 2.54 bits per heavy atom. The summed E-state index contributed by atoms with van der Waals surface area (Å²) in [4.78, 5) is 30.8. The molecule has 138 valence electrons. The molecule has 0 radical (unpaired) electrons. The fourth-order valence-electron chi connectivity index (χ4n) is 2.22. The van der Waals surface area contributed by atoms with Crippen molar-refractivity contribution in [3.63, 3.8) is 0 Å². The van der Waals surface area contributed by atoms with Crippen molar-refractivity contribution in [2.75, 3.05) is 20.3 Å². The van der Waals surface area contributed by atoms with Crippen molar-refractivity contribution < 1.29 is 28.0 Å². The van der Waals surface area contributed by atoms with Gasteiger partial charge in [-0.3, -0.25) is 9.59 Å². The maximum absolute atomic E-state index is 13.1. The number of hydrogen-bond donors (Lipinski definition) is 0. The van der Waals surface area contributed by atoms with Crippen molar-refractivity contribution >= 4 is 17.6 Å². The number of halogens is 1. The van der Waals surface area contributed by atoms with E-state index in [4.69, 9.17) is 14.0 Å². The van der Waals surface area contributed by atoms with Crippen LogP contribution in [0, 0.1) is 5.82 Å². The summed E-state index contributed by atoms with van der Waals surface area (Å²) < 4.78 is 23.2. The minimum absolute atomic E-state index is 0.0569. The summed E-state index contributed by atoms with van der Waals surface area (Å²) in [5.74, 6) is -1.35. The number of nitrogens with zero attached hydrogens (tertiary/aromatic N) is 2. The fraction of sp³-hybridized carbons (Fsp3) is 0.278. The normalized spacial score (nSPS) is 11.1. The number of carbonyl (C=O) groups is 2. The van der Waals surface area contributed by atoms with Gasteiger partial charge in [0.25, 0.3) is 5.91 Å². The van der Waals surface area contributed by atoms with Crippen LogP contribution in [-0.4, -0.2) is 42.7 Å². The highest BCUT2D eigenvalue weighted by molar-refractivity contribution is 6.44. The predicted molar refractivity (Wildman–Crippen MR) is 90.7 cm³/mol. The second kappa shape index (κ2) is 9.36. The van der Waals surface area contributed by atoms with Crippen LogP contribution in [0.25, 0.3) is 0 Å². The van der Waals surface area contributed by atoms with Crippen molar-refractivity contribution in [2.24, 2.45) is 5.16 Å². The first-order chi connectivity index (χ1) is 12.5. The number of hydrogen-bond acceptors (Lipinski definition) is 6. The molecule has 7 nitrogen and oxygen atoms in total. The molecule has 0 atom stereocenters. The van der Waals surface area contributed by atoms with E-state index < -0.39 is 17.7 Å². The van der Waals surface area contributed by atoms with Gasteiger partial charge in [0.05, 0.1) is 12.9 Å². The van der Waals surface area contributed by atoms with Crippen LogP contribution in [0.5, 0.6) is 0 Å². The molecule has 26 heavy (non-hydrogen) atoms. The van der Waals surface area contributed by atoms with Gasteiger partial charge in [-0.05, 0) is 36.8 Å². The molecule has 1 aromatic carbocycles. The Hall–Kier alpha value is -3.16. The van der Waals surface area contributed by atoms with Gasteiger partial charge >= 0.3 is 5.97 Å². The van der Waals surface area contributed by atoms with Crippen LogP contribution in [0.3, 0.4) is 0 Å². The van der Waals surface area contributed by atoms with Gasteiger partial charge < -0.3 is 18.9 Å². The Balaban J connectivity index is 2.28. The van der Waals surface area contributed by atoms with Crippen LogP contribution < -0.4 is 0 Å². The van der Waals surface area contributed by atoms with Gasteiger partial charge in [0.2, 0.25) is 5.71 Å². The molecule has 0 aliphatic carbocycles. The van der Waals surface area contributed by atoms with E-state index in [2.05, 4.69) is 5.16 Å². The molecule has 0 aliphatic heterocycles. The third-order valence-corrected chi connectivity index (χ3v) is 3.34. The molecule has 0 spiro atoms. The molecule has 0 bridgehead atoms. The molecule has 0 N–H and O–H groups in total. The molecule has 1 amide bonds. The molecular weight excluding hydrogens is 343 g/mol. The highest BCUT2D eigenvalue weighted by Gasteiger charge is 2.26. The Kier molecular flexibility index (Phi) is 6.90. The van der Waals surface area contributed by atoms with E-state index in [0.717, 1.165) is 0 Å². The number of esters is 1. The average molecular weight is 362 g/mol. The molecule has 0 unspecified atom stereocenters. The standard InChI is InChI=1S/C18H19FN2O5/c1-3-25-16(22)12-21(11-13-6-8-14(19)9-7-13)18(23)17(20-24-2)15-5-4-10-26-15/h4-10H,3,11-12H2,1-2H3. The topological polar surface area (TPSA) is 81.3 Å². The number of oxime groups is 1. The number of benzene rings is 1. The van der Waals surface area contributed by atoms with Crippen molar-refractivity contribution in [1.82, 2.24) is 4.90 Å². The minimum Gasteiger partial charge on any atom is -0.465 e. The average Bonchev–Trinajstić information content (AvgIpc) is 3.15. The van der Waals surface area contributed by atoms with Crippen molar-refractivity contribution in [2.45, 2.75) is 13.5 Å². The van der Waals surface area contributed by atoms with Crippen molar-refractivity contribution in [1.29, 1.82) is 0 Å². The summed E-state index contributed by atoms with van der Waals surface area (Å²) in [6.45, 7) is 1.62. The molecule has 1 aromatic heterocycles. The van der Waals surface area contributed by atoms with E-state index in [1.165, 1.54) is 42.5 Å². The first-order valence-electron chi connectivity index (χ1n) is 7.89. The number of rotatable bonds is 8. The monoisotopic (exact) mass is 362 g/mol. The highest BCUT2D eigenvalue weighted by atomic mass is 19.1. The Morgan fingerprint density at radius 2 is 1.96 bits per heavy atom. The number of amides is 1. The third-order valence-electron chi connectivity index (χ3n) is 3.34. The summed E-state index contributed by atoms with van der Waals surface area (Å²) >= 11 is 0. The summed E-state index contributed by atoms with van der Waals surface area (Å²) in [7, 11) is 1.30. The van der Waals surface area contributed by atoms with Crippen LogP contribution in [0.15, 0.2) is 52.2 Å². The zero-order valence-electron chi connectivity index (χ0n) is 14.5. The molecule has 2 aromatic rings. The highest BCUT2D eigenvalue weighted by Crippen LogP contribution is 2.11. The lowest BCUT2D eigenvalue weighted by Gasteiger charge is -2.22. The molecule has 1 heterocycles. The first kappa shape index (κ1) is 19.2. The lowest BCUT2D eigenvalue weighted by atomic mass is 10.2. The molecule has 0 aliphatic rings. The van der Waals surface area contributed by atoms with Gasteiger partial charge in [0.1, 0.15) is 19.5 Å². The van der Waals surface area contributed by atoms with Gasteiger partial charge in [0, 0.05) is 6.54 Å². The zero-order chi connectivity index (χ0) is 18.9. The number of carbonyl (C=O) groups excluding carboxylic acids is 2. The molecule has 2 rings (SSSR count).